The molecular weight excluding hydrogens is 307 g/mol. The summed E-state index contributed by atoms with van der Waals surface area (Å²) in [6.07, 6.45) is 1.66. The molecule has 124 valence electrons. The molecule has 0 atom stereocenters. The lowest BCUT2D eigenvalue weighted by molar-refractivity contribution is 0.626. The van der Waals surface area contributed by atoms with E-state index in [9.17, 15) is 9.18 Å². The van der Waals surface area contributed by atoms with E-state index in [-0.39, 0.29) is 11.4 Å². The van der Waals surface area contributed by atoms with Crippen molar-refractivity contribution in [2.24, 2.45) is 0 Å². The van der Waals surface area contributed by atoms with Gasteiger partial charge in [0.1, 0.15) is 11.5 Å². The fourth-order valence-corrected chi connectivity index (χ4v) is 2.75. The minimum absolute atomic E-state index is 0.274. The van der Waals surface area contributed by atoms with Crippen LogP contribution in [0.5, 0.6) is 0 Å². The van der Waals surface area contributed by atoms with Gasteiger partial charge >= 0.3 is 0 Å². The Labute approximate surface area is 139 Å². The predicted molar refractivity (Wildman–Crippen MR) is 92.9 cm³/mol. The summed E-state index contributed by atoms with van der Waals surface area (Å²) < 4.78 is 15.1. The summed E-state index contributed by atoms with van der Waals surface area (Å²) >= 11 is 0. The average Bonchev–Trinajstić information content (AvgIpc) is 2.61. The third-order valence-corrected chi connectivity index (χ3v) is 4.02. The van der Waals surface area contributed by atoms with Gasteiger partial charge in [-0.15, -0.1) is 0 Å². The van der Waals surface area contributed by atoms with E-state index < -0.39 is 0 Å². The lowest BCUT2D eigenvalue weighted by atomic mass is 10.2. The maximum Gasteiger partial charge on any atom is 0.283 e. The van der Waals surface area contributed by atoms with Crippen molar-refractivity contribution >= 4 is 17.0 Å². The van der Waals surface area contributed by atoms with Gasteiger partial charge in [0.2, 0.25) is 5.95 Å². The van der Waals surface area contributed by atoms with Crippen LogP contribution < -0.4 is 10.5 Å². The Morgan fingerprint density at radius 1 is 1.12 bits per heavy atom. The highest BCUT2D eigenvalue weighted by Crippen LogP contribution is 2.18. The molecule has 0 fully saturated rings. The number of fused-ring (bicyclic) bond motifs is 1. The van der Waals surface area contributed by atoms with Crippen LogP contribution in [0.2, 0.25) is 0 Å². The molecule has 2 aromatic heterocycles. The smallest absolute Gasteiger partial charge is 0.283 e. The van der Waals surface area contributed by atoms with Gasteiger partial charge in [0.25, 0.3) is 5.56 Å². The van der Waals surface area contributed by atoms with Gasteiger partial charge in [-0.1, -0.05) is 12.1 Å². The highest BCUT2D eigenvalue weighted by molar-refractivity contribution is 5.75. The van der Waals surface area contributed by atoms with Crippen molar-refractivity contribution in [2.75, 3.05) is 18.0 Å². The molecule has 0 spiro atoms. The van der Waals surface area contributed by atoms with Gasteiger partial charge in [-0.25, -0.2) is 9.37 Å². The van der Waals surface area contributed by atoms with E-state index in [1.165, 1.54) is 12.1 Å². The summed E-state index contributed by atoms with van der Waals surface area (Å²) in [4.78, 5) is 23.0. The normalized spacial score (nSPS) is 11.0. The lowest BCUT2D eigenvalue weighted by Crippen LogP contribution is -2.30. The molecule has 0 aliphatic carbocycles. The van der Waals surface area contributed by atoms with Crippen LogP contribution in [0.1, 0.15) is 19.4 Å². The zero-order valence-electron chi connectivity index (χ0n) is 13.7. The topological polar surface area (TPSA) is 51.0 Å². The lowest BCUT2D eigenvalue weighted by Gasteiger charge is -2.24. The third-order valence-electron chi connectivity index (χ3n) is 4.02. The number of rotatable bonds is 5. The summed E-state index contributed by atoms with van der Waals surface area (Å²) in [6.45, 7) is 5.95. The van der Waals surface area contributed by atoms with E-state index in [2.05, 4.69) is 9.97 Å². The molecule has 0 bridgehead atoms. The minimum atomic E-state index is -0.282. The number of pyridine rings is 1. The van der Waals surface area contributed by atoms with E-state index in [4.69, 9.17) is 0 Å². The van der Waals surface area contributed by atoms with Crippen LogP contribution in [-0.4, -0.2) is 27.6 Å². The third kappa shape index (κ3) is 2.99. The second-order valence-corrected chi connectivity index (χ2v) is 5.48. The first-order chi connectivity index (χ1) is 11.6. The quantitative estimate of drug-likeness (QED) is 0.723. The number of hydrogen-bond acceptors (Lipinski definition) is 4. The van der Waals surface area contributed by atoms with Crippen LogP contribution in [0.15, 0.2) is 47.4 Å². The van der Waals surface area contributed by atoms with Gasteiger partial charge < -0.3 is 4.90 Å². The number of benzene rings is 1. The Bertz CT molecular complexity index is 901. The van der Waals surface area contributed by atoms with Crippen molar-refractivity contribution in [3.8, 4) is 0 Å². The van der Waals surface area contributed by atoms with Gasteiger partial charge in [0.15, 0.2) is 0 Å². The SMILES string of the molecule is CCN(CC)c1nc(=O)c2cccnc2n1Cc1ccc(F)cc1. The first-order valence-electron chi connectivity index (χ1n) is 7.99. The Morgan fingerprint density at radius 2 is 1.83 bits per heavy atom. The van der Waals surface area contributed by atoms with Crippen LogP contribution in [0.25, 0.3) is 11.0 Å². The van der Waals surface area contributed by atoms with Gasteiger partial charge in [-0.3, -0.25) is 9.36 Å². The molecule has 5 nitrogen and oxygen atoms in total. The molecule has 6 heteroatoms. The van der Waals surface area contributed by atoms with Crippen LogP contribution in [0, 0.1) is 5.82 Å². The van der Waals surface area contributed by atoms with E-state index in [0.717, 1.165) is 18.7 Å². The molecule has 0 aliphatic rings. The number of hydrogen-bond donors (Lipinski definition) is 0. The summed E-state index contributed by atoms with van der Waals surface area (Å²) in [5, 5.41) is 0.482. The number of anilines is 1. The van der Waals surface area contributed by atoms with Gasteiger partial charge in [0, 0.05) is 19.3 Å². The first kappa shape index (κ1) is 16.1. The van der Waals surface area contributed by atoms with Gasteiger partial charge in [-0.05, 0) is 43.7 Å². The number of halogens is 1. The van der Waals surface area contributed by atoms with E-state index >= 15 is 0 Å². The predicted octanol–water partition coefficient (Wildman–Crippen LogP) is 2.83. The maximum absolute atomic E-state index is 13.2. The molecule has 0 aliphatic heterocycles. The molecule has 0 saturated heterocycles. The molecular formula is C18H19FN4O. The average molecular weight is 326 g/mol. The molecule has 24 heavy (non-hydrogen) atoms. The highest BCUT2D eigenvalue weighted by atomic mass is 19.1. The van der Waals surface area contributed by atoms with E-state index in [0.29, 0.717) is 23.5 Å². The van der Waals surface area contributed by atoms with Crippen LogP contribution in [-0.2, 0) is 6.54 Å². The summed E-state index contributed by atoms with van der Waals surface area (Å²) in [5.74, 6) is 0.309. The number of nitrogens with zero attached hydrogens (tertiary/aromatic N) is 4. The molecule has 2 heterocycles. The van der Waals surface area contributed by atoms with E-state index in [1.54, 1.807) is 30.5 Å². The molecule has 0 unspecified atom stereocenters. The summed E-state index contributed by atoms with van der Waals surface area (Å²) in [5.41, 5.74) is 1.22. The fraction of sp³-hybridized carbons (Fsp3) is 0.278. The molecule has 1 aromatic carbocycles. The van der Waals surface area contributed by atoms with Gasteiger partial charge in [-0.2, -0.15) is 4.98 Å². The second-order valence-electron chi connectivity index (χ2n) is 5.48. The van der Waals surface area contributed by atoms with Crippen LogP contribution in [0.4, 0.5) is 10.3 Å². The zero-order valence-corrected chi connectivity index (χ0v) is 13.7. The van der Waals surface area contributed by atoms with Crippen LogP contribution in [0.3, 0.4) is 0 Å². The Hall–Kier alpha value is -2.76. The van der Waals surface area contributed by atoms with Crippen molar-refractivity contribution in [3.63, 3.8) is 0 Å². The molecule has 3 rings (SSSR count). The summed E-state index contributed by atoms with van der Waals surface area (Å²) in [6, 6.07) is 9.77. The van der Waals surface area contributed by atoms with Crippen molar-refractivity contribution in [1.82, 2.24) is 14.5 Å². The summed E-state index contributed by atoms with van der Waals surface area (Å²) in [7, 11) is 0. The molecule has 0 saturated carbocycles. The molecule has 0 radical (unpaired) electrons. The highest BCUT2D eigenvalue weighted by Gasteiger charge is 2.16. The number of aromatic nitrogens is 3. The zero-order chi connectivity index (χ0) is 17.1. The second kappa shape index (κ2) is 6.78. The standard InChI is InChI=1S/C18H19FN4O/c1-3-22(4-2)18-21-17(24)15-6-5-11-20-16(15)23(18)12-13-7-9-14(19)10-8-13/h5-11H,3-4,12H2,1-2H3. The fourth-order valence-electron chi connectivity index (χ4n) is 2.75. The Morgan fingerprint density at radius 3 is 2.50 bits per heavy atom. The Kier molecular flexibility index (Phi) is 4.55. The minimum Gasteiger partial charge on any atom is -0.343 e. The van der Waals surface area contributed by atoms with Crippen molar-refractivity contribution < 1.29 is 4.39 Å². The van der Waals surface area contributed by atoms with E-state index in [1.807, 2.05) is 23.3 Å². The van der Waals surface area contributed by atoms with Gasteiger partial charge in [0.05, 0.1) is 11.9 Å². The van der Waals surface area contributed by atoms with Crippen molar-refractivity contribution in [3.05, 3.63) is 64.3 Å². The Balaban J connectivity index is 2.21. The maximum atomic E-state index is 13.2. The largest absolute Gasteiger partial charge is 0.343 e. The van der Waals surface area contributed by atoms with Crippen molar-refractivity contribution in [1.29, 1.82) is 0 Å². The molecule has 0 amide bonds. The van der Waals surface area contributed by atoms with Crippen molar-refractivity contribution in [2.45, 2.75) is 20.4 Å². The molecule has 3 aromatic rings. The molecule has 0 N–H and O–H groups in total. The first-order valence-corrected chi connectivity index (χ1v) is 7.99. The van der Waals surface area contributed by atoms with Crippen LogP contribution >= 0.6 is 0 Å². The monoisotopic (exact) mass is 326 g/mol.